The quantitative estimate of drug-likeness (QED) is 0.432. The Bertz CT molecular complexity index is 219. The van der Waals surface area contributed by atoms with Gasteiger partial charge in [0.05, 0.1) is 13.0 Å². The molecule has 2 unspecified atom stereocenters. The van der Waals surface area contributed by atoms with Gasteiger partial charge in [0.15, 0.2) is 0 Å². The summed E-state index contributed by atoms with van der Waals surface area (Å²) in [5.74, 6) is -0.199. The van der Waals surface area contributed by atoms with Crippen molar-refractivity contribution in [2.45, 2.75) is 78.2 Å². The molecular formula is C16H33NO2. The van der Waals surface area contributed by atoms with E-state index in [0.29, 0.717) is 0 Å². The Labute approximate surface area is 119 Å². The topological polar surface area (TPSA) is 38.3 Å². The standard InChI is InChI=1S/C16H33NO2/c1-5-6-7-8-9-10-11-12-13-17-15(3)14(2)16(18)19-4/h14-15,17H,5-13H2,1-4H3. The lowest BCUT2D eigenvalue weighted by Crippen LogP contribution is -2.37. The molecule has 2 atom stereocenters. The largest absolute Gasteiger partial charge is 0.469 e. The fourth-order valence-corrected chi connectivity index (χ4v) is 2.16. The minimum absolute atomic E-state index is 0.0703. The number of ether oxygens (including phenoxy) is 1. The number of hydrogen-bond acceptors (Lipinski definition) is 3. The van der Waals surface area contributed by atoms with Crippen LogP contribution in [0.25, 0.3) is 0 Å². The summed E-state index contributed by atoms with van der Waals surface area (Å²) in [6.45, 7) is 7.21. The van der Waals surface area contributed by atoms with E-state index in [1.165, 1.54) is 58.5 Å². The first-order chi connectivity index (χ1) is 9.13. The van der Waals surface area contributed by atoms with Crippen LogP contribution in [0.1, 0.15) is 72.1 Å². The van der Waals surface area contributed by atoms with Gasteiger partial charge in [-0.2, -0.15) is 0 Å². The molecule has 0 saturated heterocycles. The second-order valence-corrected chi connectivity index (χ2v) is 5.53. The fourth-order valence-electron chi connectivity index (χ4n) is 2.16. The third kappa shape index (κ3) is 9.94. The van der Waals surface area contributed by atoms with Crippen molar-refractivity contribution in [3.63, 3.8) is 0 Å². The van der Waals surface area contributed by atoms with Gasteiger partial charge < -0.3 is 10.1 Å². The Morgan fingerprint density at radius 2 is 1.53 bits per heavy atom. The first kappa shape index (κ1) is 18.4. The van der Waals surface area contributed by atoms with Crippen molar-refractivity contribution >= 4 is 5.97 Å². The van der Waals surface area contributed by atoms with E-state index < -0.39 is 0 Å². The van der Waals surface area contributed by atoms with Gasteiger partial charge in [-0.05, 0) is 19.9 Å². The summed E-state index contributed by atoms with van der Waals surface area (Å²) in [5.41, 5.74) is 0. The SMILES string of the molecule is CCCCCCCCCCNC(C)C(C)C(=O)OC. The molecule has 1 N–H and O–H groups in total. The molecular weight excluding hydrogens is 238 g/mol. The molecule has 0 aromatic rings. The van der Waals surface area contributed by atoms with Crippen LogP contribution in [0, 0.1) is 5.92 Å². The highest BCUT2D eigenvalue weighted by atomic mass is 16.5. The molecule has 0 saturated carbocycles. The average molecular weight is 271 g/mol. The molecule has 0 rings (SSSR count). The van der Waals surface area contributed by atoms with Crippen LogP contribution in [-0.2, 0) is 9.53 Å². The number of rotatable bonds is 12. The maximum absolute atomic E-state index is 11.4. The molecule has 0 aliphatic rings. The van der Waals surface area contributed by atoms with E-state index in [1.807, 2.05) is 13.8 Å². The highest BCUT2D eigenvalue weighted by Gasteiger charge is 2.19. The van der Waals surface area contributed by atoms with Gasteiger partial charge in [0.2, 0.25) is 0 Å². The van der Waals surface area contributed by atoms with Crippen molar-refractivity contribution < 1.29 is 9.53 Å². The monoisotopic (exact) mass is 271 g/mol. The van der Waals surface area contributed by atoms with Gasteiger partial charge in [-0.25, -0.2) is 0 Å². The Hall–Kier alpha value is -0.570. The summed E-state index contributed by atoms with van der Waals surface area (Å²) in [6.07, 6.45) is 10.7. The number of esters is 1. The second kappa shape index (κ2) is 12.5. The van der Waals surface area contributed by atoms with E-state index in [4.69, 9.17) is 4.74 Å². The zero-order valence-electron chi connectivity index (χ0n) is 13.3. The number of hydrogen-bond donors (Lipinski definition) is 1. The van der Waals surface area contributed by atoms with Gasteiger partial charge in [-0.15, -0.1) is 0 Å². The van der Waals surface area contributed by atoms with E-state index >= 15 is 0 Å². The van der Waals surface area contributed by atoms with Crippen molar-refractivity contribution in [3.8, 4) is 0 Å². The van der Waals surface area contributed by atoms with Crippen LogP contribution in [-0.4, -0.2) is 25.7 Å². The lowest BCUT2D eigenvalue weighted by Gasteiger charge is -2.19. The zero-order chi connectivity index (χ0) is 14.5. The Kier molecular flexibility index (Phi) is 12.1. The van der Waals surface area contributed by atoms with Crippen LogP contribution >= 0.6 is 0 Å². The molecule has 0 spiro atoms. The number of carbonyl (C=O) groups excluding carboxylic acids is 1. The van der Waals surface area contributed by atoms with Crippen molar-refractivity contribution in [2.24, 2.45) is 5.92 Å². The number of carbonyl (C=O) groups is 1. The first-order valence-corrected chi connectivity index (χ1v) is 7.94. The molecule has 19 heavy (non-hydrogen) atoms. The van der Waals surface area contributed by atoms with E-state index in [0.717, 1.165) is 6.54 Å². The predicted octanol–water partition coefficient (Wildman–Crippen LogP) is 3.91. The Morgan fingerprint density at radius 3 is 2.05 bits per heavy atom. The number of unbranched alkanes of at least 4 members (excludes halogenated alkanes) is 7. The predicted molar refractivity (Wildman–Crippen MR) is 81.3 cm³/mol. The summed E-state index contributed by atoms with van der Waals surface area (Å²) in [6, 6.07) is 0.192. The molecule has 3 nitrogen and oxygen atoms in total. The van der Waals surface area contributed by atoms with Gasteiger partial charge in [-0.3, -0.25) is 4.79 Å². The summed E-state index contributed by atoms with van der Waals surface area (Å²) < 4.78 is 4.75. The maximum Gasteiger partial charge on any atom is 0.309 e. The molecule has 0 fully saturated rings. The minimum atomic E-state index is -0.129. The van der Waals surface area contributed by atoms with Crippen LogP contribution in [0.3, 0.4) is 0 Å². The lowest BCUT2D eigenvalue weighted by molar-refractivity contribution is -0.145. The van der Waals surface area contributed by atoms with Crippen molar-refractivity contribution in [3.05, 3.63) is 0 Å². The Balaban J connectivity index is 3.36. The Morgan fingerprint density at radius 1 is 1.00 bits per heavy atom. The minimum Gasteiger partial charge on any atom is -0.469 e. The van der Waals surface area contributed by atoms with Gasteiger partial charge in [0.25, 0.3) is 0 Å². The van der Waals surface area contributed by atoms with E-state index in [1.54, 1.807) is 0 Å². The summed E-state index contributed by atoms with van der Waals surface area (Å²) in [7, 11) is 1.45. The maximum atomic E-state index is 11.4. The molecule has 114 valence electrons. The third-order valence-corrected chi connectivity index (χ3v) is 3.82. The number of methoxy groups -OCH3 is 1. The van der Waals surface area contributed by atoms with Gasteiger partial charge in [0.1, 0.15) is 0 Å². The van der Waals surface area contributed by atoms with E-state index in [2.05, 4.69) is 12.2 Å². The second-order valence-electron chi connectivity index (χ2n) is 5.53. The van der Waals surface area contributed by atoms with Crippen LogP contribution in [0.15, 0.2) is 0 Å². The van der Waals surface area contributed by atoms with Gasteiger partial charge in [0, 0.05) is 6.04 Å². The third-order valence-electron chi connectivity index (χ3n) is 3.82. The van der Waals surface area contributed by atoms with Crippen LogP contribution < -0.4 is 5.32 Å². The molecule has 0 radical (unpaired) electrons. The van der Waals surface area contributed by atoms with E-state index in [9.17, 15) is 4.79 Å². The zero-order valence-corrected chi connectivity index (χ0v) is 13.3. The molecule has 0 aromatic heterocycles. The molecule has 0 heterocycles. The highest BCUT2D eigenvalue weighted by molar-refractivity contribution is 5.72. The van der Waals surface area contributed by atoms with E-state index in [-0.39, 0.29) is 17.9 Å². The smallest absolute Gasteiger partial charge is 0.309 e. The molecule has 3 heteroatoms. The van der Waals surface area contributed by atoms with Gasteiger partial charge in [-0.1, -0.05) is 58.8 Å². The summed E-state index contributed by atoms with van der Waals surface area (Å²) in [4.78, 5) is 11.4. The molecule has 0 aliphatic heterocycles. The first-order valence-electron chi connectivity index (χ1n) is 7.94. The summed E-state index contributed by atoms with van der Waals surface area (Å²) in [5, 5.41) is 3.41. The lowest BCUT2D eigenvalue weighted by atomic mass is 10.0. The molecule has 0 amide bonds. The van der Waals surface area contributed by atoms with Crippen molar-refractivity contribution in [1.29, 1.82) is 0 Å². The normalized spacial score (nSPS) is 14.1. The van der Waals surface area contributed by atoms with Crippen LogP contribution in [0.5, 0.6) is 0 Å². The average Bonchev–Trinajstić information content (AvgIpc) is 2.43. The van der Waals surface area contributed by atoms with Crippen LogP contribution in [0.2, 0.25) is 0 Å². The van der Waals surface area contributed by atoms with Crippen molar-refractivity contribution in [2.75, 3.05) is 13.7 Å². The number of nitrogens with one attached hydrogen (secondary N) is 1. The molecule has 0 aromatic carbocycles. The van der Waals surface area contributed by atoms with Crippen LogP contribution in [0.4, 0.5) is 0 Å². The van der Waals surface area contributed by atoms with Crippen molar-refractivity contribution in [1.82, 2.24) is 5.32 Å². The molecule has 0 bridgehead atoms. The molecule has 0 aliphatic carbocycles. The summed E-state index contributed by atoms with van der Waals surface area (Å²) >= 11 is 0. The highest BCUT2D eigenvalue weighted by Crippen LogP contribution is 2.09. The van der Waals surface area contributed by atoms with Gasteiger partial charge >= 0.3 is 5.97 Å². The fraction of sp³-hybridized carbons (Fsp3) is 0.938.